The van der Waals surface area contributed by atoms with Crippen molar-refractivity contribution in [2.45, 2.75) is 6.92 Å². The largest absolute Gasteiger partial charge is 0.213 e. The summed E-state index contributed by atoms with van der Waals surface area (Å²) in [5, 5.41) is 5.53. The summed E-state index contributed by atoms with van der Waals surface area (Å²) >= 11 is 0. The number of rotatable bonds is 0. The van der Waals surface area contributed by atoms with Crippen LogP contribution in [0.4, 0.5) is 0 Å². The Morgan fingerprint density at radius 2 is 1.93 bits per heavy atom. The number of fused-ring (bicyclic) bond motifs is 3. The van der Waals surface area contributed by atoms with Gasteiger partial charge in [-0.3, -0.25) is 0 Å². The van der Waals surface area contributed by atoms with E-state index in [4.69, 9.17) is 0 Å². The predicted octanol–water partition coefficient (Wildman–Crippen LogP) is 2.19. The summed E-state index contributed by atoms with van der Waals surface area (Å²) in [7, 11) is 0. The van der Waals surface area contributed by atoms with Gasteiger partial charge < -0.3 is 0 Å². The zero-order valence-electron chi connectivity index (χ0n) is 7.81. The number of hydrogen-bond acceptors (Lipinski definition) is 2. The van der Waals surface area contributed by atoms with E-state index in [0.717, 1.165) is 17.0 Å². The first-order valence-electron chi connectivity index (χ1n) is 4.56. The molecule has 0 aliphatic heterocycles. The Hall–Kier alpha value is -1.90. The van der Waals surface area contributed by atoms with E-state index in [1.54, 1.807) is 0 Å². The maximum absolute atomic E-state index is 4.35. The summed E-state index contributed by atoms with van der Waals surface area (Å²) < 4.78 is 1.88. The second-order valence-corrected chi connectivity index (χ2v) is 3.32. The first kappa shape index (κ1) is 7.50. The van der Waals surface area contributed by atoms with Crippen molar-refractivity contribution in [3.8, 4) is 0 Å². The quantitative estimate of drug-likeness (QED) is 0.534. The van der Waals surface area contributed by atoms with Crippen LogP contribution in [-0.4, -0.2) is 14.6 Å². The number of hydrogen-bond donors (Lipinski definition) is 0. The molecule has 3 aromatic rings. The van der Waals surface area contributed by atoms with Crippen LogP contribution in [0, 0.1) is 6.92 Å². The molecule has 68 valence electrons. The first-order chi connectivity index (χ1) is 6.84. The van der Waals surface area contributed by atoms with Crippen LogP contribution < -0.4 is 0 Å². The van der Waals surface area contributed by atoms with Gasteiger partial charge in [-0.05, 0) is 25.1 Å². The van der Waals surface area contributed by atoms with E-state index in [-0.39, 0.29) is 0 Å². The second kappa shape index (κ2) is 2.54. The number of aromatic nitrogens is 3. The molecule has 3 rings (SSSR count). The average Bonchev–Trinajstić information content (AvgIpc) is 2.59. The molecule has 0 unspecified atom stereocenters. The number of nitrogens with zero attached hydrogens (tertiary/aromatic N) is 3. The van der Waals surface area contributed by atoms with E-state index in [0.29, 0.717) is 0 Å². The zero-order valence-corrected chi connectivity index (χ0v) is 7.81. The van der Waals surface area contributed by atoms with Gasteiger partial charge in [-0.1, -0.05) is 18.2 Å². The summed E-state index contributed by atoms with van der Waals surface area (Å²) in [6, 6.07) is 12.2. The van der Waals surface area contributed by atoms with Crippen molar-refractivity contribution in [1.29, 1.82) is 0 Å². The van der Waals surface area contributed by atoms with E-state index in [1.165, 1.54) is 5.39 Å². The van der Waals surface area contributed by atoms with Gasteiger partial charge in [0.05, 0.1) is 5.52 Å². The highest BCUT2D eigenvalue weighted by Gasteiger charge is 2.02. The van der Waals surface area contributed by atoms with E-state index < -0.39 is 0 Å². The van der Waals surface area contributed by atoms with Crippen LogP contribution in [0.2, 0.25) is 0 Å². The van der Waals surface area contributed by atoms with Crippen molar-refractivity contribution in [2.24, 2.45) is 0 Å². The Bertz CT molecular complexity index is 610. The van der Waals surface area contributed by atoms with E-state index in [9.17, 15) is 0 Å². The van der Waals surface area contributed by atoms with Crippen LogP contribution in [0.5, 0.6) is 0 Å². The van der Waals surface area contributed by atoms with Gasteiger partial charge in [0.2, 0.25) is 0 Å². The summed E-state index contributed by atoms with van der Waals surface area (Å²) in [6.45, 7) is 1.90. The third-order valence-electron chi connectivity index (χ3n) is 2.31. The normalized spacial score (nSPS) is 11.2. The smallest absolute Gasteiger partial charge is 0.156 e. The molecule has 0 saturated heterocycles. The molecule has 0 saturated carbocycles. The summed E-state index contributed by atoms with van der Waals surface area (Å²) in [6.07, 6.45) is 0. The lowest BCUT2D eigenvalue weighted by Gasteiger charge is -1.98. The monoisotopic (exact) mass is 183 g/mol. The molecule has 0 aliphatic carbocycles. The van der Waals surface area contributed by atoms with Crippen LogP contribution in [-0.2, 0) is 0 Å². The zero-order chi connectivity index (χ0) is 9.54. The Balaban J connectivity index is 2.60. The maximum atomic E-state index is 4.35. The Morgan fingerprint density at radius 1 is 1.07 bits per heavy atom. The lowest BCUT2D eigenvalue weighted by Crippen LogP contribution is -1.89. The van der Waals surface area contributed by atoms with Crippen LogP contribution in [0.15, 0.2) is 36.4 Å². The van der Waals surface area contributed by atoms with Gasteiger partial charge in [-0.2, -0.15) is 5.10 Å². The van der Waals surface area contributed by atoms with E-state index in [2.05, 4.69) is 28.3 Å². The van der Waals surface area contributed by atoms with Crippen LogP contribution >= 0.6 is 0 Å². The van der Waals surface area contributed by atoms with Crippen LogP contribution in [0.1, 0.15) is 5.82 Å². The number of aryl methyl sites for hydroxylation is 1. The fraction of sp³-hybridized carbons (Fsp3) is 0.0909. The predicted molar refractivity (Wildman–Crippen MR) is 55.2 cm³/mol. The molecule has 14 heavy (non-hydrogen) atoms. The van der Waals surface area contributed by atoms with Crippen molar-refractivity contribution in [3.05, 3.63) is 42.2 Å². The highest BCUT2D eigenvalue weighted by molar-refractivity contribution is 5.81. The minimum absolute atomic E-state index is 0.807. The third-order valence-corrected chi connectivity index (χ3v) is 2.31. The molecule has 1 aromatic carbocycles. The fourth-order valence-electron chi connectivity index (χ4n) is 1.70. The van der Waals surface area contributed by atoms with Gasteiger partial charge in [0.25, 0.3) is 0 Å². The lowest BCUT2D eigenvalue weighted by atomic mass is 10.2. The summed E-state index contributed by atoms with van der Waals surface area (Å²) in [4.78, 5) is 4.32. The van der Waals surface area contributed by atoms with Crippen molar-refractivity contribution < 1.29 is 0 Å². The molecule has 3 nitrogen and oxygen atoms in total. The molecule has 2 heterocycles. The second-order valence-electron chi connectivity index (χ2n) is 3.32. The van der Waals surface area contributed by atoms with Gasteiger partial charge >= 0.3 is 0 Å². The third kappa shape index (κ3) is 0.923. The van der Waals surface area contributed by atoms with Crippen molar-refractivity contribution in [2.75, 3.05) is 0 Å². The highest BCUT2D eigenvalue weighted by Crippen LogP contribution is 2.14. The van der Waals surface area contributed by atoms with Crippen molar-refractivity contribution in [3.63, 3.8) is 0 Å². The molecule has 0 N–H and O–H groups in total. The molecular weight excluding hydrogens is 174 g/mol. The number of para-hydroxylation sites is 1. The fourth-order valence-corrected chi connectivity index (χ4v) is 1.70. The molecule has 0 atom stereocenters. The Kier molecular flexibility index (Phi) is 1.36. The first-order valence-corrected chi connectivity index (χ1v) is 4.56. The van der Waals surface area contributed by atoms with Gasteiger partial charge in [-0.15, -0.1) is 0 Å². The highest BCUT2D eigenvalue weighted by atomic mass is 15.3. The van der Waals surface area contributed by atoms with E-state index in [1.807, 2.05) is 29.6 Å². The molecule has 0 fully saturated rings. The molecular formula is C11H9N3. The summed E-state index contributed by atoms with van der Waals surface area (Å²) in [5.41, 5.74) is 2.01. The van der Waals surface area contributed by atoms with Gasteiger partial charge in [-0.25, -0.2) is 9.50 Å². The molecule has 3 heteroatoms. The number of benzene rings is 1. The van der Waals surface area contributed by atoms with Crippen LogP contribution in [0.25, 0.3) is 16.6 Å². The Morgan fingerprint density at radius 3 is 2.86 bits per heavy atom. The van der Waals surface area contributed by atoms with Crippen molar-refractivity contribution in [1.82, 2.24) is 14.6 Å². The molecule has 0 radical (unpaired) electrons. The minimum Gasteiger partial charge on any atom is -0.213 e. The van der Waals surface area contributed by atoms with Gasteiger partial charge in [0, 0.05) is 5.39 Å². The molecule has 0 amide bonds. The average molecular weight is 183 g/mol. The lowest BCUT2D eigenvalue weighted by molar-refractivity contribution is 0.965. The molecule has 2 aromatic heterocycles. The molecule has 0 aliphatic rings. The minimum atomic E-state index is 0.807. The van der Waals surface area contributed by atoms with Gasteiger partial charge in [0.15, 0.2) is 5.65 Å². The maximum Gasteiger partial charge on any atom is 0.156 e. The SMILES string of the molecule is Cc1nc2ccc3ccccc3n2n1. The van der Waals surface area contributed by atoms with E-state index >= 15 is 0 Å². The topological polar surface area (TPSA) is 30.2 Å². The van der Waals surface area contributed by atoms with Gasteiger partial charge in [0.1, 0.15) is 5.82 Å². The standard InChI is InChI=1S/C11H9N3/c1-8-12-11-7-6-9-4-2-3-5-10(9)14(11)13-8/h2-7H,1H3. The van der Waals surface area contributed by atoms with Crippen molar-refractivity contribution >= 4 is 16.6 Å². The van der Waals surface area contributed by atoms with Crippen LogP contribution in [0.3, 0.4) is 0 Å². The Labute approximate surface area is 81.0 Å². The molecule has 0 spiro atoms. The summed E-state index contributed by atoms with van der Waals surface area (Å²) in [5.74, 6) is 0.807. The number of pyridine rings is 1. The molecule has 0 bridgehead atoms.